The minimum Gasteiger partial charge on any atom is -0.379 e. The van der Waals surface area contributed by atoms with Gasteiger partial charge in [-0.1, -0.05) is 23.2 Å². The molecule has 2 heterocycles. The van der Waals surface area contributed by atoms with Gasteiger partial charge in [-0.15, -0.1) is 0 Å². The molecule has 134 valence electrons. The highest BCUT2D eigenvalue weighted by Crippen LogP contribution is 2.25. The van der Waals surface area contributed by atoms with Gasteiger partial charge in [0.05, 0.1) is 13.2 Å². The van der Waals surface area contributed by atoms with E-state index < -0.39 is 0 Å². The molecule has 0 radical (unpaired) electrons. The molecule has 0 saturated carbocycles. The third-order valence-electron chi connectivity index (χ3n) is 3.81. The third kappa shape index (κ3) is 5.71. The van der Waals surface area contributed by atoms with E-state index in [0.717, 1.165) is 50.9 Å². The van der Waals surface area contributed by atoms with Crippen molar-refractivity contribution in [3.63, 3.8) is 0 Å². The maximum Gasteiger partial charge on any atom is 0.136 e. The fourth-order valence-electron chi connectivity index (χ4n) is 2.66. The van der Waals surface area contributed by atoms with E-state index in [0.29, 0.717) is 21.7 Å². The number of aromatic nitrogens is 2. The lowest BCUT2D eigenvalue weighted by atomic mass is 10.3. The quantitative estimate of drug-likeness (QED) is 0.797. The van der Waals surface area contributed by atoms with Gasteiger partial charge in [0.2, 0.25) is 0 Å². The molecule has 1 aromatic heterocycles. The summed E-state index contributed by atoms with van der Waals surface area (Å²) < 4.78 is 5.36. The molecule has 0 amide bonds. The molecule has 1 aromatic carbocycles. The predicted octanol–water partition coefficient (Wildman–Crippen LogP) is 3.58. The van der Waals surface area contributed by atoms with Crippen LogP contribution in [0.5, 0.6) is 0 Å². The van der Waals surface area contributed by atoms with E-state index in [4.69, 9.17) is 27.9 Å². The van der Waals surface area contributed by atoms with Crippen LogP contribution in [-0.2, 0) is 4.74 Å². The van der Waals surface area contributed by atoms with Crippen LogP contribution in [0, 0.1) is 6.92 Å². The maximum atomic E-state index is 6.04. The summed E-state index contributed by atoms with van der Waals surface area (Å²) in [4.78, 5) is 11.2. The average Bonchev–Trinajstić information content (AvgIpc) is 2.54. The fraction of sp³-hybridized carbons (Fsp3) is 0.412. The van der Waals surface area contributed by atoms with Gasteiger partial charge in [0.15, 0.2) is 0 Å². The van der Waals surface area contributed by atoms with Crippen LogP contribution in [-0.4, -0.2) is 54.3 Å². The van der Waals surface area contributed by atoms with Gasteiger partial charge >= 0.3 is 0 Å². The molecule has 0 bridgehead atoms. The van der Waals surface area contributed by atoms with Crippen LogP contribution in [0.3, 0.4) is 0 Å². The number of rotatable bonds is 6. The Bertz CT molecular complexity index is 702. The molecule has 0 atom stereocenters. The van der Waals surface area contributed by atoms with Crippen LogP contribution in [0.2, 0.25) is 10.0 Å². The number of halogens is 2. The van der Waals surface area contributed by atoms with Crippen molar-refractivity contribution >= 4 is 40.5 Å². The molecule has 0 aliphatic carbocycles. The summed E-state index contributed by atoms with van der Waals surface area (Å²) in [6, 6.07) is 7.17. The first kappa shape index (κ1) is 18.2. The lowest BCUT2D eigenvalue weighted by Crippen LogP contribution is -2.39. The van der Waals surface area contributed by atoms with Crippen LogP contribution in [0.15, 0.2) is 24.3 Å². The summed E-state index contributed by atoms with van der Waals surface area (Å²) in [6.45, 7) is 7.21. The summed E-state index contributed by atoms with van der Waals surface area (Å²) in [6.07, 6.45) is 0. The summed E-state index contributed by atoms with van der Waals surface area (Å²) in [5.41, 5.74) is 0.787. The van der Waals surface area contributed by atoms with Crippen molar-refractivity contribution in [3.8, 4) is 0 Å². The largest absolute Gasteiger partial charge is 0.379 e. The van der Waals surface area contributed by atoms with E-state index in [1.165, 1.54) is 0 Å². The molecule has 0 unspecified atom stereocenters. The Kier molecular flexibility index (Phi) is 6.31. The molecule has 1 fully saturated rings. The van der Waals surface area contributed by atoms with Crippen LogP contribution >= 0.6 is 23.2 Å². The lowest BCUT2D eigenvalue weighted by molar-refractivity contribution is 0.0398. The van der Waals surface area contributed by atoms with Gasteiger partial charge in [0, 0.05) is 48.0 Å². The number of anilines is 3. The van der Waals surface area contributed by atoms with Gasteiger partial charge < -0.3 is 15.4 Å². The van der Waals surface area contributed by atoms with E-state index in [2.05, 4.69) is 25.5 Å². The number of benzene rings is 1. The van der Waals surface area contributed by atoms with Crippen LogP contribution < -0.4 is 10.6 Å². The molecule has 25 heavy (non-hydrogen) atoms. The molecule has 1 saturated heterocycles. The average molecular weight is 382 g/mol. The lowest BCUT2D eigenvalue weighted by Gasteiger charge is -2.26. The van der Waals surface area contributed by atoms with Gasteiger partial charge in [-0.25, -0.2) is 9.97 Å². The van der Waals surface area contributed by atoms with Crippen molar-refractivity contribution in [2.24, 2.45) is 0 Å². The molecule has 1 aliphatic heterocycles. The van der Waals surface area contributed by atoms with Gasteiger partial charge in [0.1, 0.15) is 17.5 Å². The zero-order chi connectivity index (χ0) is 17.6. The van der Waals surface area contributed by atoms with Crippen LogP contribution in [0.4, 0.5) is 17.3 Å². The second-order valence-electron chi connectivity index (χ2n) is 5.85. The predicted molar refractivity (Wildman–Crippen MR) is 102 cm³/mol. The normalized spacial score (nSPS) is 15.2. The molecule has 2 N–H and O–H groups in total. The van der Waals surface area contributed by atoms with Gasteiger partial charge in [0.25, 0.3) is 0 Å². The number of nitrogens with zero attached hydrogens (tertiary/aromatic N) is 3. The van der Waals surface area contributed by atoms with Crippen molar-refractivity contribution in [1.82, 2.24) is 14.9 Å². The van der Waals surface area contributed by atoms with E-state index >= 15 is 0 Å². The first-order valence-corrected chi connectivity index (χ1v) is 8.97. The highest BCUT2D eigenvalue weighted by atomic mass is 35.5. The van der Waals surface area contributed by atoms with E-state index in [9.17, 15) is 0 Å². The van der Waals surface area contributed by atoms with Crippen molar-refractivity contribution in [2.45, 2.75) is 6.92 Å². The Labute approximate surface area is 157 Å². The Morgan fingerprint density at radius 1 is 1.04 bits per heavy atom. The van der Waals surface area contributed by atoms with Crippen molar-refractivity contribution < 1.29 is 4.74 Å². The summed E-state index contributed by atoms with van der Waals surface area (Å²) in [5.74, 6) is 2.17. The second kappa shape index (κ2) is 8.67. The van der Waals surface area contributed by atoms with Gasteiger partial charge in [-0.2, -0.15) is 0 Å². The fourth-order valence-corrected chi connectivity index (χ4v) is 3.19. The van der Waals surface area contributed by atoms with Crippen molar-refractivity contribution in [3.05, 3.63) is 40.1 Å². The van der Waals surface area contributed by atoms with E-state index in [1.54, 1.807) is 18.2 Å². The number of morpholine rings is 1. The van der Waals surface area contributed by atoms with Crippen molar-refractivity contribution in [2.75, 3.05) is 50.0 Å². The Morgan fingerprint density at radius 2 is 1.72 bits per heavy atom. The smallest absolute Gasteiger partial charge is 0.136 e. The summed E-state index contributed by atoms with van der Waals surface area (Å²) >= 11 is 12.1. The number of aryl methyl sites for hydroxylation is 1. The number of nitrogens with one attached hydrogen (secondary N) is 2. The van der Waals surface area contributed by atoms with Crippen LogP contribution in [0.25, 0.3) is 0 Å². The van der Waals surface area contributed by atoms with Gasteiger partial charge in [-0.05, 0) is 25.1 Å². The number of ether oxygens (including phenoxy) is 1. The molecule has 0 spiro atoms. The summed E-state index contributed by atoms with van der Waals surface area (Å²) in [7, 11) is 0. The number of hydrogen-bond donors (Lipinski definition) is 2. The highest BCUT2D eigenvalue weighted by Gasteiger charge is 2.10. The molecule has 8 heteroatoms. The van der Waals surface area contributed by atoms with E-state index in [-0.39, 0.29) is 0 Å². The zero-order valence-corrected chi connectivity index (χ0v) is 15.6. The van der Waals surface area contributed by atoms with Gasteiger partial charge in [-0.3, -0.25) is 4.90 Å². The molecule has 3 rings (SSSR count). The molecular formula is C17H21Cl2N5O. The van der Waals surface area contributed by atoms with E-state index in [1.807, 2.05) is 13.0 Å². The zero-order valence-electron chi connectivity index (χ0n) is 14.1. The third-order valence-corrected chi connectivity index (χ3v) is 4.25. The maximum absolute atomic E-state index is 6.04. The minimum absolute atomic E-state index is 0.574. The first-order chi connectivity index (χ1) is 12.1. The SMILES string of the molecule is Cc1nc(NCCN2CCOCC2)cc(Nc2cc(Cl)cc(Cl)c2)n1. The Balaban J connectivity index is 1.61. The molecule has 2 aromatic rings. The Hall–Kier alpha value is -1.60. The Morgan fingerprint density at radius 3 is 2.44 bits per heavy atom. The molecule has 6 nitrogen and oxygen atoms in total. The highest BCUT2D eigenvalue weighted by molar-refractivity contribution is 6.35. The molecule has 1 aliphatic rings. The standard InChI is InChI=1S/C17H21Cl2N5O/c1-12-21-16(20-2-3-24-4-6-25-7-5-24)11-17(22-12)23-15-9-13(18)8-14(19)10-15/h8-11H,2-7H2,1H3,(H2,20,21,22,23). The summed E-state index contributed by atoms with van der Waals surface area (Å²) in [5, 5.41) is 7.72. The molecular weight excluding hydrogens is 361 g/mol. The van der Waals surface area contributed by atoms with Crippen LogP contribution in [0.1, 0.15) is 5.82 Å². The van der Waals surface area contributed by atoms with Crippen molar-refractivity contribution in [1.29, 1.82) is 0 Å². The minimum atomic E-state index is 0.574. The second-order valence-corrected chi connectivity index (χ2v) is 6.72. The topological polar surface area (TPSA) is 62.3 Å². The monoisotopic (exact) mass is 381 g/mol. The first-order valence-electron chi connectivity index (χ1n) is 8.21. The number of hydrogen-bond acceptors (Lipinski definition) is 6.